The van der Waals surface area contributed by atoms with Gasteiger partial charge in [0.1, 0.15) is 18.7 Å². The number of aliphatic hydroxyl groups is 4. The fraction of sp³-hybridized carbons (Fsp3) is 0.423. The standard InChI is InChI=1S/C26H32FN3O12/c1-13(32)19(33)17-14(11-30(23(17)37)26(40,4-3-7-31)25(39)28-2)24(38)42-12-16-18(27)15(20(34)22(36)21(16)35)10-29-5-8-41-9-6-29/h7,32-36,38,40H,1,3-6,8-12H2,2H3,(H,28,39)/b19-17-,24-14+. The maximum Gasteiger partial charge on any atom is 0.283 e. The number of likely N-dealkylation sites (N-methyl/N-ethyl adjacent to an activating group) is 1. The number of phenols is 3. The fourth-order valence-electron chi connectivity index (χ4n) is 4.54. The molecule has 2 amide bonds. The highest BCUT2D eigenvalue weighted by Gasteiger charge is 2.51. The topological polar surface area (TPSA) is 230 Å². The van der Waals surface area contributed by atoms with Gasteiger partial charge < -0.3 is 55.3 Å². The number of hydrogen-bond donors (Lipinski definition) is 8. The second-order valence-electron chi connectivity index (χ2n) is 9.44. The van der Waals surface area contributed by atoms with E-state index in [0.717, 1.165) is 7.05 Å². The molecule has 1 unspecified atom stereocenters. The molecule has 2 saturated heterocycles. The highest BCUT2D eigenvalue weighted by Crippen LogP contribution is 2.44. The fourth-order valence-corrected chi connectivity index (χ4v) is 4.54. The van der Waals surface area contributed by atoms with Crippen LogP contribution in [0.15, 0.2) is 35.2 Å². The molecule has 0 aromatic heterocycles. The van der Waals surface area contributed by atoms with Crippen LogP contribution in [0.3, 0.4) is 0 Å². The zero-order valence-electron chi connectivity index (χ0n) is 22.6. The number of carbonyl (C=O) groups excluding carboxylic acids is 3. The number of ether oxygens (including phenoxy) is 2. The van der Waals surface area contributed by atoms with Crippen LogP contribution in [0.1, 0.15) is 24.0 Å². The van der Waals surface area contributed by atoms with Crippen LogP contribution in [0.25, 0.3) is 0 Å². The summed E-state index contributed by atoms with van der Waals surface area (Å²) >= 11 is 0. The second kappa shape index (κ2) is 13.0. The largest absolute Gasteiger partial charge is 0.505 e. The molecule has 1 aromatic rings. The quantitative estimate of drug-likeness (QED) is 0.0739. The van der Waals surface area contributed by atoms with Crippen molar-refractivity contribution in [3.63, 3.8) is 0 Å². The first-order valence-electron chi connectivity index (χ1n) is 12.6. The summed E-state index contributed by atoms with van der Waals surface area (Å²) in [5, 5.41) is 74.9. The summed E-state index contributed by atoms with van der Waals surface area (Å²) in [6.07, 6.45) is -0.567. The van der Waals surface area contributed by atoms with E-state index in [1.165, 1.54) is 0 Å². The molecule has 42 heavy (non-hydrogen) atoms. The van der Waals surface area contributed by atoms with E-state index in [2.05, 4.69) is 11.9 Å². The Morgan fingerprint density at radius 3 is 2.33 bits per heavy atom. The molecule has 0 radical (unpaired) electrons. The van der Waals surface area contributed by atoms with Gasteiger partial charge in [-0.3, -0.25) is 19.4 Å². The summed E-state index contributed by atoms with van der Waals surface area (Å²) in [6, 6.07) is 0. The first-order valence-corrected chi connectivity index (χ1v) is 12.6. The van der Waals surface area contributed by atoms with Crippen LogP contribution in [0.2, 0.25) is 0 Å². The molecule has 0 aliphatic carbocycles. The van der Waals surface area contributed by atoms with Gasteiger partial charge in [-0.15, -0.1) is 0 Å². The molecule has 2 aliphatic heterocycles. The van der Waals surface area contributed by atoms with Gasteiger partial charge in [0.25, 0.3) is 17.8 Å². The number of rotatable bonds is 11. The van der Waals surface area contributed by atoms with Crippen molar-refractivity contribution in [3.8, 4) is 17.2 Å². The number of halogens is 1. The third kappa shape index (κ3) is 6.05. The van der Waals surface area contributed by atoms with E-state index in [-0.39, 0.29) is 18.5 Å². The average Bonchev–Trinajstić information content (AvgIpc) is 3.33. The van der Waals surface area contributed by atoms with Gasteiger partial charge in [-0.25, -0.2) is 4.39 Å². The smallest absolute Gasteiger partial charge is 0.283 e. The second-order valence-corrected chi connectivity index (χ2v) is 9.44. The molecular weight excluding hydrogens is 565 g/mol. The predicted octanol–water partition coefficient (Wildman–Crippen LogP) is 0.201. The van der Waals surface area contributed by atoms with E-state index < -0.39 is 94.4 Å². The summed E-state index contributed by atoms with van der Waals surface area (Å²) in [6.45, 7) is 2.65. The van der Waals surface area contributed by atoms with Crippen molar-refractivity contribution < 1.29 is 64.0 Å². The van der Waals surface area contributed by atoms with Gasteiger partial charge in [-0.05, 0) is 0 Å². The van der Waals surface area contributed by atoms with Gasteiger partial charge in [0.05, 0.1) is 36.5 Å². The van der Waals surface area contributed by atoms with E-state index in [1.807, 2.05) is 0 Å². The molecule has 15 nitrogen and oxygen atoms in total. The van der Waals surface area contributed by atoms with Crippen LogP contribution in [0.5, 0.6) is 17.2 Å². The zero-order valence-corrected chi connectivity index (χ0v) is 22.6. The van der Waals surface area contributed by atoms with Gasteiger partial charge in [0.2, 0.25) is 11.5 Å². The third-order valence-corrected chi connectivity index (χ3v) is 6.88. The van der Waals surface area contributed by atoms with Crippen molar-refractivity contribution in [2.75, 3.05) is 39.9 Å². The van der Waals surface area contributed by atoms with Crippen molar-refractivity contribution >= 4 is 18.1 Å². The molecule has 230 valence electrons. The predicted molar refractivity (Wildman–Crippen MR) is 139 cm³/mol. The number of nitrogens with one attached hydrogen (secondary N) is 1. The SMILES string of the molecule is C=C(O)/C(O)=C1/C(=O)N(C(O)(CCC=O)C(=O)NC)C/C1=C(/O)OCc1c(O)c(O)c(O)c(CN2CCOCC2)c1F. The molecule has 1 atom stereocenters. The van der Waals surface area contributed by atoms with E-state index in [1.54, 1.807) is 4.90 Å². The molecule has 2 aliphatic rings. The molecule has 2 heterocycles. The van der Waals surface area contributed by atoms with Crippen molar-refractivity contribution in [1.29, 1.82) is 0 Å². The minimum atomic E-state index is -2.65. The first kappa shape index (κ1) is 32.0. The lowest BCUT2D eigenvalue weighted by Crippen LogP contribution is -2.59. The number of amides is 2. The number of nitrogens with zero attached hydrogens (tertiary/aromatic N) is 2. The lowest BCUT2D eigenvalue weighted by Gasteiger charge is -2.34. The molecule has 2 fully saturated rings. The number of morpholine rings is 1. The van der Waals surface area contributed by atoms with Crippen molar-refractivity contribution in [2.24, 2.45) is 0 Å². The van der Waals surface area contributed by atoms with Gasteiger partial charge in [-0.2, -0.15) is 0 Å². The van der Waals surface area contributed by atoms with Crippen LogP contribution in [-0.4, -0.2) is 109 Å². The van der Waals surface area contributed by atoms with Crippen molar-refractivity contribution in [2.45, 2.75) is 31.7 Å². The first-order chi connectivity index (χ1) is 19.8. The Hall–Kier alpha value is -4.54. The number of hydrogen-bond acceptors (Lipinski definition) is 13. The van der Waals surface area contributed by atoms with Gasteiger partial charge in [-0.1, -0.05) is 6.58 Å². The summed E-state index contributed by atoms with van der Waals surface area (Å²) in [5.74, 6) is -9.93. The van der Waals surface area contributed by atoms with E-state index >= 15 is 4.39 Å². The van der Waals surface area contributed by atoms with Crippen LogP contribution in [-0.2, 0) is 37.0 Å². The summed E-state index contributed by atoms with van der Waals surface area (Å²) in [5.41, 5.74) is -5.13. The highest BCUT2D eigenvalue weighted by molar-refractivity contribution is 6.05. The Balaban J connectivity index is 2.02. The Morgan fingerprint density at radius 1 is 1.14 bits per heavy atom. The maximum absolute atomic E-state index is 15.5. The third-order valence-electron chi connectivity index (χ3n) is 6.88. The van der Waals surface area contributed by atoms with Crippen molar-refractivity contribution in [3.05, 3.63) is 52.1 Å². The number of phenolic OH excluding ortho intramolecular Hbond substituents is 3. The number of aromatic hydroxyl groups is 3. The number of carbonyl (C=O) groups is 3. The number of aldehydes is 1. The maximum atomic E-state index is 15.5. The molecular formula is C26H32FN3O12. The van der Waals surface area contributed by atoms with Crippen LogP contribution in [0.4, 0.5) is 4.39 Å². The number of likely N-dealkylation sites (tertiary alicyclic amines) is 1. The Bertz CT molecular complexity index is 1340. The van der Waals surface area contributed by atoms with E-state index in [0.29, 0.717) is 37.5 Å². The van der Waals surface area contributed by atoms with Gasteiger partial charge >= 0.3 is 0 Å². The van der Waals surface area contributed by atoms with E-state index in [9.17, 15) is 50.1 Å². The minimum absolute atomic E-state index is 0.170. The van der Waals surface area contributed by atoms with Crippen LogP contribution >= 0.6 is 0 Å². The van der Waals surface area contributed by atoms with Gasteiger partial charge in [0, 0.05) is 45.1 Å². The Labute approximate surface area is 238 Å². The Morgan fingerprint density at radius 2 is 1.76 bits per heavy atom. The normalized spacial score (nSPS) is 19.7. The zero-order chi connectivity index (χ0) is 31.4. The van der Waals surface area contributed by atoms with E-state index in [4.69, 9.17) is 9.47 Å². The summed E-state index contributed by atoms with van der Waals surface area (Å²) in [7, 11) is 1.15. The summed E-state index contributed by atoms with van der Waals surface area (Å²) < 4.78 is 25.9. The minimum Gasteiger partial charge on any atom is -0.505 e. The monoisotopic (exact) mass is 597 g/mol. The molecule has 1 aromatic carbocycles. The molecule has 8 N–H and O–H groups in total. The lowest BCUT2D eigenvalue weighted by atomic mass is 10.0. The molecule has 0 saturated carbocycles. The number of benzene rings is 1. The van der Waals surface area contributed by atoms with Crippen LogP contribution < -0.4 is 5.32 Å². The van der Waals surface area contributed by atoms with Gasteiger partial charge in [0.15, 0.2) is 23.0 Å². The Kier molecular flexibility index (Phi) is 9.87. The number of aliphatic hydroxyl groups excluding tert-OH is 3. The van der Waals surface area contributed by atoms with Crippen LogP contribution in [0, 0.1) is 5.82 Å². The average molecular weight is 598 g/mol. The molecule has 3 rings (SSSR count). The van der Waals surface area contributed by atoms with Crippen molar-refractivity contribution in [1.82, 2.24) is 15.1 Å². The summed E-state index contributed by atoms with van der Waals surface area (Å²) in [4.78, 5) is 38.9. The lowest BCUT2D eigenvalue weighted by molar-refractivity contribution is -0.171. The molecule has 0 bridgehead atoms. The molecule has 0 spiro atoms. The highest BCUT2D eigenvalue weighted by atomic mass is 19.1. The molecule has 16 heteroatoms.